The second kappa shape index (κ2) is 12.8. The van der Waals surface area contributed by atoms with E-state index in [2.05, 4.69) is 56.6 Å². The molecule has 31 heavy (non-hydrogen) atoms. The fourth-order valence-electron chi connectivity index (χ4n) is 5.30. The molecule has 0 aromatic heterocycles. The molecular weight excluding hydrogens is 386 g/mol. The van der Waals surface area contributed by atoms with E-state index in [1.54, 1.807) is 0 Å². The number of ether oxygens (including phenoxy) is 1. The lowest BCUT2D eigenvalue weighted by atomic mass is 9.89. The third-order valence-corrected chi connectivity index (χ3v) is 7.14. The summed E-state index contributed by atoms with van der Waals surface area (Å²) < 4.78 is 5.91. The molecule has 4 nitrogen and oxygen atoms in total. The van der Waals surface area contributed by atoms with Crippen molar-refractivity contribution in [2.75, 3.05) is 19.8 Å². The molecule has 0 amide bonds. The SMILES string of the molecule is CC#CC[C@H](C)[C@H](O)C=C[C@@H]1[C@H]2CC(=CCOCCN(C(C)C)C(C)C)C[C@H]2C[C@H]1O. The van der Waals surface area contributed by atoms with Gasteiger partial charge in [-0.15, -0.1) is 11.8 Å². The molecule has 0 aromatic carbocycles. The minimum atomic E-state index is -0.506. The second-order valence-corrected chi connectivity index (χ2v) is 10.1. The van der Waals surface area contributed by atoms with E-state index in [0.29, 0.717) is 36.9 Å². The van der Waals surface area contributed by atoms with Crippen LogP contribution in [0.3, 0.4) is 0 Å². The third kappa shape index (κ3) is 7.75. The van der Waals surface area contributed by atoms with E-state index in [1.165, 1.54) is 5.57 Å². The van der Waals surface area contributed by atoms with E-state index < -0.39 is 6.10 Å². The molecule has 0 aliphatic heterocycles. The molecule has 0 spiro atoms. The summed E-state index contributed by atoms with van der Waals surface area (Å²) in [5, 5.41) is 20.9. The van der Waals surface area contributed by atoms with Gasteiger partial charge in [0.2, 0.25) is 0 Å². The van der Waals surface area contributed by atoms with Crippen LogP contribution in [-0.4, -0.2) is 59.2 Å². The van der Waals surface area contributed by atoms with Gasteiger partial charge in [-0.1, -0.05) is 30.7 Å². The predicted octanol–water partition coefficient (Wildman–Crippen LogP) is 4.42. The van der Waals surface area contributed by atoms with E-state index in [0.717, 1.165) is 32.4 Å². The summed E-state index contributed by atoms with van der Waals surface area (Å²) in [5.41, 5.74) is 1.47. The number of rotatable bonds is 11. The normalized spacial score (nSPS) is 29.2. The highest BCUT2D eigenvalue weighted by Crippen LogP contribution is 2.50. The number of allylic oxidation sites excluding steroid dienone is 1. The van der Waals surface area contributed by atoms with Crippen LogP contribution < -0.4 is 0 Å². The van der Waals surface area contributed by atoms with E-state index >= 15 is 0 Å². The van der Waals surface area contributed by atoms with Crippen LogP contribution in [0.1, 0.15) is 67.2 Å². The number of hydrogen-bond acceptors (Lipinski definition) is 4. The Balaban J connectivity index is 1.81. The Morgan fingerprint density at radius 3 is 2.52 bits per heavy atom. The molecule has 0 heterocycles. The van der Waals surface area contributed by atoms with Crippen molar-refractivity contribution < 1.29 is 14.9 Å². The summed E-state index contributed by atoms with van der Waals surface area (Å²) >= 11 is 0. The van der Waals surface area contributed by atoms with Crippen molar-refractivity contribution in [1.82, 2.24) is 4.90 Å². The number of fused-ring (bicyclic) bond motifs is 1. The minimum Gasteiger partial charge on any atom is -0.392 e. The molecule has 0 saturated heterocycles. The Hall–Kier alpha value is -1.12. The lowest BCUT2D eigenvalue weighted by molar-refractivity contribution is 0.0919. The number of aliphatic hydroxyl groups is 2. The van der Waals surface area contributed by atoms with Gasteiger partial charge in [0.15, 0.2) is 0 Å². The lowest BCUT2D eigenvalue weighted by Gasteiger charge is -2.30. The van der Waals surface area contributed by atoms with E-state index in [1.807, 2.05) is 19.9 Å². The highest BCUT2D eigenvalue weighted by molar-refractivity contribution is 5.18. The van der Waals surface area contributed by atoms with Crippen molar-refractivity contribution in [1.29, 1.82) is 0 Å². The predicted molar refractivity (Wildman–Crippen MR) is 129 cm³/mol. The standard InChI is InChI=1S/C27H45NO3/c1-7-8-9-21(6)26(29)11-10-24-25-17-22(16-23(25)18-27(24)30)12-14-31-15-13-28(19(2)3)20(4)5/h10-12,19-21,23-27,29-30H,9,13-18H2,1-6H3/t21-,23-,24+,25-,26+,27+/m0/s1. The molecule has 2 rings (SSSR count). The van der Waals surface area contributed by atoms with Gasteiger partial charge in [-0.2, -0.15) is 0 Å². The van der Waals surface area contributed by atoms with Gasteiger partial charge in [0.25, 0.3) is 0 Å². The maximum Gasteiger partial charge on any atom is 0.0755 e. The van der Waals surface area contributed by atoms with Gasteiger partial charge >= 0.3 is 0 Å². The molecule has 2 saturated carbocycles. The largest absolute Gasteiger partial charge is 0.392 e. The molecule has 2 fully saturated rings. The van der Waals surface area contributed by atoms with Gasteiger partial charge in [0.05, 0.1) is 25.4 Å². The fourth-order valence-corrected chi connectivity index (χ4v) is 5.30. The highest BCUT2D eigenvalue weighted by atomic mass is 16.5. The summed E-state index contributed by atoms with van der Waals surface area (Å²) in [6.45, 7) is 15.2. The van der Waals surface area contributed by atoms with Crippen molar-refractivity contribution in [2.45, 2.75) is 91.5 Å². The van der Waals surface area contributed by atoms with Crippen LogP contribution in [0.2, 0.25) is 0 Å². The van der Waals surface area contributed by atoms with Crippen LogP contribution in [0.4, 0.5) is 0 Å². The van der Waals surface area contributed by atoms with Gasteiger partial charge in [-0.25, -0.2) is 0 Å². The van der Waals surface area contributed by atoms with E-state index in [-0.39, 0.29) is 17.9 Å². The van der Waals surface area contributed by atoms with Gasteiger partial charge in [-0.3, -0.25) is 4.90 Å². The Kier molecular flexibility index (Phi) is 10.8. The molecule has 0 unspecified atom stereocenters. The first-order valence-electron chi connectivity index (χ1n) is 12.2. The van der Waals surface area contributed by atoms with E-state index in [9.17, 15) is 10.2 Å². The van der Waals surface area contributed by atoms with Gasteiger partial charge in [0.1, 0.15) is 0 Å². The summed E-state index contributed by atoms with van der Waals surface area (Å²) in [4.78, 5) is 2.45. The van der Waals surface area contributed by atoms with Gasteiger partial charge < -0.3 is 14.9 Å². The third-order valence-electron chi connectivity index (χ3n) is 7.14. The zero-order valence-electron chi connectivity index (χ0n) is 20.6. The Morgan fingerprint density at radius 2 is 1.87 bits per heavy atom. The van der Waals surface area contributed by atoms with E-state index in [4.69, 9.17) is 4.74 Å². The van der Waals surface area contributed by atoms with Crippen molar-refractivity contribution in [3.8, 4) is 11.8 Å². The topological polar surface area (TPSA) is 52.9 Å². The number of nitrogens with zero attached hydrogens (tertiary/aromatic N) is 1. The average Bonchev–Trinajstić information content (AvgIpc) is 3.22. The van der Waals surface area contributed by atoms with Crippen molar-refractivity contribution in [3.05, 3.63) is 23.8 Å². The monoisotopic (exact) mass is 431 g/mol. The number of aliphatic hydroxyl groups excluding tert-OH is 2. The van der Waals surface area contributed by atoms with Crippen LogP contribution >= 0.6 is 0 Å². The first-order valence-corrected chi connectivity index (χ1v) is 12.2. The zero-order valence-corrected chi connectivity index (χ0v) is 20.6. The lowest BCUT2D eigenvalue weighted by Crippen LogP contribution is -2.39. The molecule has 0 radical (unpaired) electrons. The Labute approximate surface area is 190 Å². The molecule has 2 aliphatic rings. The molecule has 0 aromatic rings. The smallest absolute Gasteiger partial charge is 0.0755 e. The Bertz CT molecular complexity index is 649. The molecule has 2 N–H and O–H groups in total. The van der Waals surface area contributed by atoms with Crippen LogP contribution in [0.5, 0.6) is 0 Å². The molecular formula is C27H45NO3. The molecule has 176 valence electrons. The van der Waals surface area contributed by atoms with Crippen molar-refractivity contribution >= 4 is 0 Å². The first kappa shape index (κ1) is 26.1. The molecule has 6 atom stereocenters. The van der Waals surface area contributed by atoms with Gasteiger partial charge in [0, 0.05) is 31.0 Å². The first-order chi connectivity index (χ1) is 14.7. The van der Waals surface area contributed by atoms with Crippen LogP contribution in [-0.2, 0) is 4.74 Å². The van der Waals surface area contributed by atoms with Crippen LogP contribution in [0.15, 0.2) is 23.8 Å². The van der Waals surface area contributed by atoms with Crippen molar-refractivity contribution in [3.63, 3.8) is 0 Å². The summed E-state index contributed by atoms with van der Waals surface area (Å²) in [5.74, 6) is 7.20. The van der Waals surface area contributed by atoms with Crippen molar-refractivity contribution in [2.24, 2.45) is 23.7 Å². The molecule has 2 aliphatic carbocycles. The van der Waals surface area contributed by atoms with Crippen LogP contribution in [0, 0.1) is 35.5 Å². The maximum atomic E-state index is 10.6. The molecule has 0 bridgehead atoms. The highest BCUT2D eigenvalue weighted by Gasteiger charge is 2.45. The Morgan fingerprint density at radius 1 is 1.16 bits per heavy atom. The fraction of sp³-hybridized carbons (Fsp3) is 0.778. The summed E-state index contributed by atoms with van der Waals surface area (Å²) in [7, 11) is 0. The zero-order chi connectivity index (χ0) is 23.0. The van der Waals surface area contributed by atoms with Gasteiger partial charge in [-0.05, 0) is 71.6 Å². The average molecular weight is 432 g/mol. The minimum absolute atomic E-state index is 0.108. The summed E-state index contributed by atoms with van der Waals surface area (Å²) in [6.07, 6.45) is 9.10. The summed E-state index contributed by atoms with van der Waals surface area (Å²) in [6, 6.07) is 1.07. The number of hydrogen-bond donors (Lipinski definition) is 2. The maximum absolute atomic E-state index is 10.6. The molecule has 4 heteroatoms. The quantitative estimate of drug-likeness (QED) is 0.289. The second-order valence-electron chi connectivity index (χ2n) is 10.1. The van der Waals surface area contributed by atoms with Crippen LogP contribution in [0.25, 0.3) is 0 Å².